The second kappa shape index (κ2) is 6.33. The number of ether oxygens (including phenoxy) is 1. The van der Waals surface area contributed by atoms with Crippen LogP contribution in [0.25, 0.3) is 11.0 Å². The molecule has 3 aromatic rings. The highest BCUT2D eigenvalue weighted by Gasteiger charge is 2.31. The van der Waals surface area contributed by atoms with Gasteiger partial charge in [-0.3, -0.25) is 4.79 Å². The summed E-state index contributed by atoms with van der Waals surface area (Å²) >= 11 is 0. The molecule has 0 unspecified atom stereocenters. The van der Waals surface area contributed by atoms with E-state index in [-0.39, 0.29) is 11.7 Å². The van der Waals surface area contributed by atoms with Crippen molar-refractivity contribution >= 4 is 28.5 Å². The largest absolute Gasteiger partial charge is 0.449 e. The van der Waals surface area contributed by atoms with Crippen molar-refractivity contribution in [2.24, 2.45) is 0 Å². The highest BCUT2D eigenvalue weighted by Crippen LogP contribution is 2.29. The Balaban J connectivity index is 1.52. The molecular formula is C21H19NO4. The molecule has 0 saturated carbocycles. The Morgan fingerprint density at radius 2 is 1.85 bits per heavy atom. The van der Waals surface area contributed by atoms with Gasteiger partial charge in [0.2, 0.25) is 5.76 Å². The lowest BCUT2D eigenvalue weighted by molar-refractivity contribution is -0.126. The average molecular weight is 349 g/mol. The van der Waals surface area contributed by atoms with Gasteiger partial charge >= 0.3 is 5.97 Å². The van der Waals surface area contributed by atoms with Crippen LogP contribution in [0.2, 0.25) is 0 Å². The van der Waals surface area contributed by atoms with Gasteiger partial charge in [-0.25, -0.2) is 4.79 Å². The van der Waals surface area contributed by atoms with E-state index < -0.39 is 12.1 Å². The Morgan fingerprint density at radius 3 is 2.65 bits per heavy atom. The van der Waals surface area contributed by atoms with Gasteiger partial charge in [-0.15, -0.1) is 0 Å². The molecule has 132 valence electrons. The zero-order chi connectivity index (χ0) is 18.3. The molecule has 4 rings (SSSR count). The van der Waals surface area contributed by atoms with Gasteiger partial charge in [0.15, 0.2) is 6.10 Å². The maximum Gasteiger partial charge on any atom is 0.375 e. The van der Waals surface area contributed by atoms with Crippen LogP contribution in [0.4, 0.5) is 5.69 Å². The number of amides is 1. The molecule has 26 heavy (non-hydrogen) atoms. The van der Waals surface area contributed by atoms with Gasteiger partial charge < -0.3 is 14.1 Å². The molecule has 2 aromatic carbocycles. The number of rotatable bonds is 3. The SMILES string of the molecule is Cc1c(C(=O)O[C@@H](C)C(=O)N2CCc3ccccc32)oc2ccccc12. The first kappa shape index (κ1) is 16.4. The molecule has 1 aromatic heterocycles. The van der Waals surface area contributed by atoms with Gasteiger partial charge in [0.05, 0.1) is 0 Å². The third-order valence-corrected chi connectivity index (χ3v) is 4.81. The maximum atomic E-state index is 12.8. The van der Waals surface area contributed by atoms with Crippen LogP contribution in [0.5, 0.6) is 0 Å². The van der Waals surface area contributed by atoms with E-state index in [1.54, 1.807) is 17.9 Å². The zero-order valence-corrected chi connectivity index (χ0v) is 14.7. The lowest BCUT2D eigenvalue weighted by atomic mass is 10.1. The third kappa shape index (κ3) is 2.65. The van der Waals surface area contributed by atoms with E-state index in [0.717, 1.165) is 28.6 Å². The monoisotopic (exact) mass is 349 g/mol. The number of benzene rings is 2. The number of fused-ring (bicyclic) bond motifs is 2. The summed E-state index contributed by atoms with van der Waals surface area (Å²) in [5.41, 5.74) is 3.37. The number of anilines is 1. The number of hydrogen-bond donors (Lipinski definition) is 0. The molecule has 1 aliphatic heterocycles. The zero-order valence-electron chi connectivity index (χ0n) is 14.7. The summed E-state index contributed by atoms with van der Waals surface area (Å²) in [6.07, 6.45) is -0.0769. The minimum absolute atomic E-state index is 0.146. The van der Waals surface area contributed by atoms with Crippen LogP contribution in [0, 0.1) is 6.92 Å². The van der Waals surface area contributed by atoms with Crippen molar-refractivity contribution in [2.45, 2.75) is 26.4 Å². The fourth-order valence-corrected chi connectivity index (χ4v) is 3.42. The Hall–Kier alpha value is -3.08. The van der Waals surface area contributed by atoms with Crippen LogP contribution in [0.1, 0.15) is 28.6 Å². The van der Waals surface area contributed by atoms with Crippen molar-refractivity contribution in [1.82, 2.24) is 0 Å². The van der Waals surface area contributed by atoms with Gasteiger partial charge in [-0.2, -0.15) is 0 Å². The molecule has 0 bridgehead atoms. The number of esters is 1. The predicted molar refractivity (Wildman–Crippen MR) is 98.3 cm³/mol. The van der Waals surface area contributed by atoms with Crippen LogP contribution >= 0.6 is 0 Å². The highest BCUT2D eigenvalue weighted by molar-refractivity contribution is 6.01. The number of hydrogen-bond acceptors (Lipinski definition) is 4. The minimum atomic E-state index is -0.888. The summed E-state index contributed by atoms with van der Waals surface area (Å²) in [5, 5.41) is 0.867. The van der Waals surface area contributed by atoms with Gasteiger partial charge in [-0.1, -0.05) is 36.4 Å². The topological polar surface area (TPSA) is 59.8 Å². The van der Waals surface area contributed by atoms with E-state index in [4.69, 9.17) is 9.15 Å². The average Bonchev–Trinajstić information content (AvgIpc) is 3.23. The molecule has 5 heteroatoms. The number of carbonyl (C=O) groups is 2. The van der Waals surface area contributed by atoms with Crippen molar-refractivity contribution in [3.05, 3.63) is 65.4 Å². The number of nitrogens with zero attached hydrogens (tertiary/aromatic N) is 1. The minimum Gasteiger partial charge on any atom is -0.449 e. The van der Waals surface area contributed by atoms with Crippen molar-refractivity contribution in [3.8, 4) is 0 Å². The summed E-state index contributed by atoms with van der Waals surface area (Å²) in [7, 11) is 0. The number of furan rings is 1. The van der Waals surface area contributed by atoms with Crippen LogP contribution in [0.15, 0.2) is 52.9 Å². The molecule has 1 amide bonds. The quantitative estimate of drug-likeness (QED) is 0.674. The highest BCUT2D eigenvalue weighted by atomic mass is 16.6. The van der Waals surface area contributed by atoms with Crippen LogP contribution in [-0.4, -0.2) is 24.5 Å². The number of para-hydroxylation sites is 2. The first-order valence-electron chi connectivity index (χ1n) is 8.64. The first-order chi connectivity index (χ1) is 12.6. The Kier molecular flexibility index (Phi) is 3.99. The third-order valence-electron chi connectivity index (χ3n) is 4.81. The van der Waals surface area contributed by atoms with Gasteiger partial charge in [0, 0.05) is 23.2 Å². The van der Waals surface area contributed by atoms with Crippen molar-refractivity contribution < 1.29 is 18.7 Å². The molecule has 2 heterocycles. The maximum absolute atomic E-state index is 12.8. The van der Waals surface area contributed by atoms with Crippen LogP contribution < -0.4 is 4.90 Å². The van der Waals surface area contributed by atoms with E-state index in [1.807, 2.05) is 49.4 Å². The molecule has 1 atom stereocenters. The molecule has 0 aliphatic carbocycles. The van der Waals surface area contributed by atoms with E-state index in [2.05, 4.69) is 0 Å². The number of carbonyl (C=O) groups excluding carboxylic acids is 2. The van der Waals surface area contributed by atoms with E-state index in [9.17, 15) is 9.59 Å². The molecule has 1 aliphatic rings. The molecular weight excluding hydrogens is 330 g/mol. The molecule has 0 saturated heterocycles. The molecule has 0 spiro atoms. The number of aryl methyl sites for hydroxylation is 1. The fourth-order valence-electron chi connectivity index (χ4n) is 3.42. The Labute approximate surface area is 151 Å². The smallest absolute Gasteiger partial charge is 0.375 e. The summed E-state index contributed by atoms with van der Waals surface area (Å²) < 4.78 is 11.0. The van der Waals surface area contributed by atoms with Crippen molar-refractivity contribution in [1.29, 1.82) is 0 Å². The molecule has 0 N–H and O–H groups in total. The predicted octanol–water partition coefficient (Wildman–Crippen LogP) is 3.88. The van der Waals surface area contributed by atoms with Gasteiger partial charge in [0.25, 0.3) is 5.91 Å². The summed E-state index contributed by atoms with van der Waals surface area (Å²) in [6, 6.07) is 15.2. The standard InChI is InChI=1S/C21H19NO4/c1-13-16-8-4-6-10-18(16)26-19(13)21(24)25-14(2)20(23)22-12-11-15-7-3-5-9-17(15)22/h3-10,14H,11-12H2,1-2H3/t14-/m0/s1. The summed E-state index contributed by atoms with van der Waals surface area (Å²) in [5.74, 6) is -0.697. The fraction of sp³-hybridized carbons (Fsp3) is 0.238. The Morgan fingerprint density at radius 1 is 1.12 bits per heavy atom. The van der Waals surface area contributed by atoms with Crippen molar-refractivity contribution in [2.75, 3.05) is 11.4 Å². The molecule has 0 radical (unpaired) electrons. The lowest BCUT2D eigenvalue weighted by Gasteiger charge is -2.21. The lowest BCUT2D eigenvalue weighted by Crippen LogP contribution is -2.39. The summed E-state index contributed by atoms with van der Waals surface area (Å²) in [6.45, 7) is 4.01. The van der Waals surface area contributed by atoms with Gasteiger partial charge in [0.1, 0.15) is 5.58 Å². The molecule has 5 nitrogen and oxygen atoms in total. The molecule has 0 fully saturated rings. The van der Waals surface area contributed by atoms with E-state index in [0.29, 0.717) is 12.1 Å². The summed E-state index contributed by atoms with van der Waals surface area (Å²) in [4.78, 5) is 27.0. The van der Waals surface area contributed by atoms with Gasteiger partial charge in [-0.05, 0) is 38.0 Å². The van der Waals surface area contributed by atoms with E-state index in [1.165, 1.54) is 0 Å². The van der Waals surface area contributed by atoms with Crippen molar-refractivity contribution in [3.63, 3.8) is 0 Å². The second-order valence-electron chi connectivity index (χ2n) is 6.47. The van der Waals surface area contributed by atoms with Crippen LogP contribution in [-0.2, 0) is 16.0 Å². The van der Waals surface area contributed by atoms with Crippen LogP contribution in [0.3, 0.4) is 0 Å². The first-order valence-corrected chi connectivity index (χ1v) is 8.64. The Bertz CT molecular complexity index is 1000. The second-order valence-corrected chi connectivity index (χ2v) is 6.47. The van der Waals surface area contributed by atoms with E-state index >= 15 is 0 Å². The normalized spacial score (nSPS) is 14.3.